The summed E-state index contributed by atoms with van der Waals surface area (Å²) < 4.78 is 27.1. The van der Waals surface area contributed by atoms with E-state index in [1.807, 2.05) is 24.3 Å². The minimum Gasteiger partial charge on any atom is -0.772 e. The van der Waals surface area contributed by atoms with Crippen LogP contribution in [0.2, 0.25) is 0 Å². The summed E-state index contributed by atoms with van der Waals surface area (Å²) in [6.07, 6.45) is 2.36. The van der Waals surface area contributed by atoms with Gasteiger partial charge in [0, 0.05) is 5.56 Å². The molecule has 0 N–H and O–H groups in total. The van der Waals surface area contributed by atoms with Crippen LogP contribution in [0.1, 0.15) is 24.8 Å². The third-order valence-electron chi connectivity index (χ3n) is 3.08. The predicted octanol–water partition coefficient (Wildman–Crippen LogP) is 1.95. The Morgan fingerprint density at radius 3 is 2.53 bits per heavy atom. The molecule has 0 saturated heterocycles. The second-order valence-electron chi connectivity index (χ2n) is 3.78. The van der Waals surface area contributed by atoms with Crippen molar-refractivity contribution >= 4 is 11.1 Å². The molecule has 0 radical (unpaired) electrons. The molecule has 1 unspecified atom stereocenters. The summed E-state index contributed by atoms with van der Waals surface area (Å²) in [5.41, 5.74) is 0.798. The molecule has 1 aromatic rings. The lowest BCUT2D eigenvalue weighted by atomic mass is 9.78. The third-order valence-corrected chi connectivity index (χ3v) is 4.34. The van der Waals surface area contributed by atoms with Crippen LogP contribution in [0.5, 0.6) is 5.75 Å². The minimum atomic E-state index is -2.08. The first-order chi connectivity index (χ1) is 7.20. The van der Waals surface area contributed by atoms with Gasteiger partial charge in [0.1, 0.15) is 5.75 Å². The molecule has 0 heterocycles. The van der Waals surface area contributed by atoms with E-state index < -0.39 is 15.8 Å². The molecule has 1 fully saturated rings. The molecule has 1 saturated carbocycles. The Bertz CT molecular complexity index is 385. The fraction of sp³-hybridized carbons (Fsp3) is 0.455. The van der Waals surface area contributed by atoms with Crippen molar-refractivity contribution in [3.63, 3.8) is 0 Å². The van der Waals surface area contributed by atoms with Crippen LogP contribution in [-0.4, -0.2) is 15.9 Å². The van der Waals surface area contributed by atoms with Gasteiger partial charge in [-0.2, -0.15) is 0 Å². The molecule has 1 aliphatic carbocycles. The van der Waals surface area contributed by atoms with Gasteiger partial charge in [-0.1, -0.05) is 18.2 Å². The Morgan fingerprint density at radius 2 is 2.07 bits per heavy atom. The second-order valence-corrected chi connectivity index (χ2v) is 5.03. The van der Waals surface area contributed by atoms with Crippen molar-refractivity contribution in [2.45, 2.75) is 24.0 Å². The summed E-state index contributed by atoms with van der Waals surface area (Å²) in [6.45, 7) is 0. The molecule has 82 valence electrons. The van der Waals surface area contributed by atoms with Crippen LogP contribution < -0.4 is 4.74 Å². The zero-order chi connectivity index (χ0) is 10.9. The first kappa shape index (κ1) is 10.6. The van der Waals surface area contributed by atoms with Crippen LogP contribution in [0.3, 0.4) is 0 Å². The van der Waals surface area contributed by atoms with E-state index in [1.54, 1.807) is 7.11 Å². The average molecular weight is 225 g/mol. The second kappa shape index (κ2) is 3.94. The number of hydrogen-bond acceptors (Lipinski definition) is 3. The van der Waals surface area contributed by atoms with E-state index in [0.717, 1.165) is 12.0 Å². The Balaban J connectivity index is 2.47. The highest BCUT2D eigenvalue weighted by Crippen LogP contribution is 2.48. The number of ether oxygens (including phenoxy) is 1. The molecule has 15 heavy (non-hydrogen) atoms. The fourth-order valence-corrected chi connectivity index (χ4v) is 3.01. The first-order valence-electron chi connectivity index (χ1n) is 4.93. The minimum absolute atomic E-state index is 0.668. The van der Waals surface area contributed by atoms with Gasteiger partial charge in [-0.15, -0.1) is 0 Å². The summed E-state index contributed by atoms with van der Waals surface area (Å²) in [5.74, 6) is 0.668. The lowest BCUT2D eigenvalue weighted by molar-refractivity contribution is 0.317. The van der Waals surface area contributed by atoms with Gasteiger partial charge in [-0.3, -0.25) is 4.21 Å². The van der Waals surface area contributed by atoms with Gasteiger partial charge in [-0.05, 0) is 36.4 Å². The van der Waals surface area contributed by atoms with Crippen molar-refractivity contribution in [2.24, 2.45) is 0 Å². The van der Waals surface area contributed by atoms with Crippen LogP contribution in [0.4, 0.5) is 0 Å². The third kappa shape index (κ3) is 1.58. The number of methoxy groups -OCH3 is 1. The van der Waals surface area contributed by atoms with Gasteiger partial charge < -0.3 is 9.29 Å². The molecule has 3 nitrogen and oxygen atoms in total. The van der Waals surface area contributed by atoms with E-state index >= 15 is 0 Å². The SMILES string of the molecule is COc1ccccc1C1(S(=O)[O-])CCC1. The molecule has 0 bridgehead atoms. The summed E-state index contributed by atoms with van der Waals surface area (Å²) in [7, 11) is 1.57. The zero-order valence-corrected chi connectivity index (χ0v) is 9.38. The van der Waals surface area contributed by atoms with Gasteiger partial charge in [0.15, 0.2) is 0 Å². The highest BCUT2D eigenvalue weighted by atomic mass is 32.2. The Kier molecular flexibility index (Phi) is 2.80. The van der Waals surface area contributed by atoms with Crippen molar-refractivity contribution in [1.29, 1.82) is 0 Å². The van der Waals surface area contributed by atoms with Crippen LogP contribution in [-0.2, 0) is 15.8 Å². The molecule has 0 aliphatic heterocycles. The lowest BCUT2D eigenvalue weighted by Crippen LogP contribution is -2.38. The van der Waals surface area contributed by atoms with Gasteiger partial charge in [-0.25, -0.2) is 0 Å². The molecule has 1 aromatic carbocycles. The van der Waals surface area contributed by atoms with E-state index in [2.05, 4.69) is 0 Å². The van der Waals surface area contributed by atoms with Gasteiger partial charge >= 0.3 is 0 Å². The molecule has 2 rings (SSSR count). The van der Waals surface area contributed by atoms with E-state index in [1.165, 1.54) is 0 Å². The van der Waals surface area contributed by atoms with Crippen molar-refractivity contribution in [1.82, 2.24) is 0 Å². The monoisotopic (exact) mass is 225 g/mol. The van der Waals surface area contributed by atoms with Crippen molar-refractivity contribution in [3.8, 4) is 5.75 Å². The number of hydrogen-bond donors (Lipinski definition) is 0. The lowest BCUT2D eigenvalue weighted by Gasteiger charge is -2.44. The van der Waals surface area contributed by atoms with E-state index in [0.29, 0.717) is 18.6 Å². The Morgan fingerprint density at radius 1 is 1.40 bits per heavy atom. The van der Waals surface area contributed by atoms with E-state index in [4.69, 9.17) is 4.74 Å². The van der Waals surface area contributed by atoms with Crippen molar-refractivity contribution in [2.75, 3.05) is 7.11 Å². The topological polar surface area (TPSA) is 49.4 Å². The quantitative estimate of drug-likeness (QED) is 0.739. The maximum atomic E-state index is 11.3. The first-order valence-corrected chi connectivity index (χ1v) is 6.01. The Hall–Kier alpha value is -0.870. The summed E-state index contributed by atoms with van der Waals surface area (Å²) in [6, 6.07) is 7.35. The summed E-state index contributed by atoms with van der Waals surface area (Å²) in [5, 5.41) is 0. The van der Waals surface area contributed by atoms with Crippen LogP contribution >= 0.6 is 0 Å². The van der Waals surface area contributed by atoms with Crippen LogP contribution in [0, 0.1) is 0 Å². The average Bonchev–Trinajstić information content (AvgIpc) is 2.16. The molecule has 1 atom stereocenters. The summed E-state index contributed by atoms with van der Waals surface area (Å²) in [4.78, 5) is 0. The molecular weight excluding hydrogens is 212 g/mol. The molecular formula is C11H13O3S-. The zero-order valence-electron chi connectivity index (χ0n) is 8.56. The van der Waals surface area contributed by atoms with Crippen molar-refractivity contribution < 1.29 is 13.5 Å². The maximum Gasteiger partial charge on any atom is 0.123 e. The van der Waals surface area contributed by atoms with Crippen LogP contribution in [0.25, 0.3) is 0 Å². The molecule has 0 amide bonds. The maximum absolute atomic E-state index is 11.3. The molecule has 0 aromatic heterocycles. The smallest absolute Gasteiger partial charge is 0.123 e. The van der Waals surface area contributed by atoms with Gasteiger partial charge in [0.2, 0.25) is 0 Å². The van der Waals surface area contributed by atoms with Crippen molar-refractivity contribution in [3.05, 3.63) is 29.8 Å². The van der Waals surface area contributed by atoms with Crippen LogP contribution in [0.15, 0.2) is 24.3 Å². The normalized spacial score (nSPS) is 20.4. The highest BCUT2D eigenvalue weighted by molar-refractivity contribution is 7.80. The molecule has 4 heteroatoms. The number of rotatable bonds is 3. The highest BCUT2D eigenvalue weighted by Gasteiger charge is 2.41. The van der Waals surface area contributed by atoms with Gasteiger partial charge in [0.25, 0.3) is 0 Å². The standard InChI is InChI=1S/C11H14O3S/c1-14-10-6-3-2-5-9(10)11(15(12)13)7-4-8-11/h2-3,5-6H,4,7-8H2,1H3,(H,12,13)/p-1. The van der Waals surface area contributed by atoms with E-state index in [9.17, 15) is 8.76 Å². The number of benzene rings is 1. The molecule has 0 spiro atoms. The van der Waals surface area contributed by atoms with Gasteiger partial charge in [0.05, 0.1) is 11.9 Å². The molecule has 1 aliphatic rings. The largest absolute Gasteiger partial charge is 0.772 e. The van der Waals surface area contributed by atoms with E-state index in [-0.39, 0.29) is 0 Å². The summed E-state index contributed by atoms with van der Waals surface area (Å²) >= 11 is -2.08. The number of para-hydroxylation sites is 1. The Labute approximate surface area is 91.7 Å². The predicted molar refractivity (Wildman–Crippen MR) is 57.4 cm³/mol. The fourth-order valence-electron chi connectivity index (χ4n) is 2.04.